The molecule has 27 heavy (non-hydrogen) atoms. The van der Waals surface area contributed by atoms with Crippen LogP contribution in [-0.4, -0.2) is 46.2 Å². The van der Waals surface area contributed by atoms with E-state index in [2.05, 4.69) is 9.97 Å². The summed E-state index contributed by atoms with van der Waals surface area (Å²) in [6.45, 7) is 1.97. The zero-order valence-electron chi connectivity index (χ0n) is 14.9. The van der Waals surface area contributed by atoms with Gasteiger partial charge in [0.05, 0.1) is 24.0 Å². The first kappa shape index (κ1) is 18.7. The van der Waals surface area contributed by atoms with Crippen LogP contribution in [-0.2, 0) is 10.5 Å². The summed E-state index contributed by atoms with van der Waals surface area (Å²) in [7, 11) is 0. The summed E-state index contributed by atoms with van der Waals surface area (Å²) < 4.78 is 25.5. The van der Waals surface area contributed by atoms with Gasteiger partial charge in [-0.15, -0.1) is 0 Å². The fraction of sp³-hybridized carbons (Fsp3) is 0.579. The van der Waals surface area contributed by atoms with Crippen molar-refractivity contribution >= 4 is 22.7 Å². The van der Waals surface area contributed by atoms with E-state index in [1.165, 1.54) is 6.07 Å². The molecule has 1 aliphatic carbocycles. The molecule has 2 aromatic rings. The van der Waals surface area contributed by atoms with Gasteiger partial charge < -0.3 is 19.6 Å². The molecule has 6 nitrogen and oxygen atoms in total. The minimum absolute atomic E-state index is 0.0405. The number of hydrogen-bond donors (Lipinski definition) is 2. The van der Waals surface area contributed by atoms with Crippen LogP contribution in [0.3, 0.4) is 0 Å². The first-order valence-corrected chi connectivity index (χ1v) is 10.4. The number of H-pyrrole nitrogens is 1. The highest BCUT2D eigenvalue weighted by atomic mass is 32.2. The highest BCUT2D eigenvalue weighted by molar-refractivity contribution is 7.99. The van der Waals surface area contributed by atoms with Gasteiger partial charge in [-0.2, -0.15) is 11.8 Å². The molecule has 4 rings (SSSR count). The number of benzene rings is 1. The molecule has 0 bridgehead atoms. The third-order valence-electron chi connectivity index (χ3n) is 5.14. The summed E-state index contributed by atoms with van der Waals surface area (Å²) in [6.07, 6.45) is 3.19. The van der Waals surface area contributed by atoms with Crippen molar-refractivity contribution in [1.29, 1.82) is 0 Å². The molecule has 0 atom stereocenters. The molecule has 0 spiro atoms. The van der Waals surface area contributed by atoms with Crippen LogP contribution in [0.4, 0.5) is 4.39 Å². The lowest BCUT2D eigenvalue weighted by atomic mass is 9.96. The van der Waals surface area contributed by atoms with Gasteiger partial charge in [0.25, 0.3) is 5.56 Å². The molecule has 1 aromatic heterocycles. The number of aliphatic hydroxyl groups is 1. The van der Waals surface area contributed by atoms with Gasteiger partial charge in [0, 0.05) is 30.6 Å². The lowest BCUT2D eigenvalue weighted by molar-refractivity contribution is 0.0497. The normalized spacial score (nSPS) is 23.3. The standard InChI is InChI=1S/C19H23FN2O4S/c20-15-7-13(26-9-11-1-3-25-4-2-11)8-16-18(15)19(24)22-17(21-16)10-27-14-5-12(23)6-14/h7-8,11-12,14,23H,1-6,9-10H2,(H,21,22,24)/t12-,14-. The molecule has 1 aromatic carbocycles. The van der Waals surface area contributed by atoms with Crippen molar-refractivity contribution in [2.24, 2.45) is 5.92 Å². The number of halogens is 1. The second kappa shape index (κ2) is 8.16. The highest BCUT2D eigenvalue weighted by Gasteiger charge is 2.27. The smallest absolute Gasteiger partial charge is 0.261 e. The maximum Gasteiger partial charge on any atom is 0.261 e. The van der Waals surface area contributed by atoms with Gasteiger partial charge >= 0.3 is 0 Å². The molecule has 1 aliphatic heterocycles. The number of fused-ring (bicyclic) bond motifs is 1. The predicted molar refractivity (Wildman–Crippen MR) is 102 cm³/mol. The van der Waals surface area contributed by atoms with Crippen molar-refractivity contribution < 1.29 is 19.0 Å². The van der Waals surface area contributed by atoms with E-state index in [4.69, 9.17) is 9.47 Å². The molecule has 2 fully saturated rings. The van der Waals surface area contributed by atoms with Gasteiger partial charge in [-0.05, 0) is 31.6 Å². The number of rotatable bonds is 6. The van der Waals surface area contributed by atoms with Crippen molar-refractivity contribution in [1.82, 2.24) is 9.97 Å². The van der Waals surface area contributed by atoms with Crippen LogP contribution in [0.25, 0.3) is 10.9 Å². The largest absolute Gasteiger partial charge is 0.493 e. The van der Waals surface area contributed by atoms with E-state index in [0.29, 0.717) is 40.6 Å². The molecule has 0 unspecified atom stereocenters. The zero-order chi connectivity index (χ0) is 18.8. The number of aromatic nitrogens is 2. The lowest BCUT2D eigenvalue weighted by Crippen LogP contribution is -2.30. The fourth-order valence-electron chi connectivity index (χ4n) is 3.40. The summed E-state index contributed by atoms with van der Waals surface area (Å²) in [6, 6.07) is 2.89. The number of nitrogens with one attached hydrogen (secondary N) is 1. The highest BCUT2D eigenvalue weighted by Crippen LogP contribution is 2.33. The topological polar surface area (TPSA) is 84.4 Å². The summed E-state index contributed by atoms with van der Waals surface area (Å²) in [5, 5.41) is 9.70. The average molecular weight is 394 g/mol. The van der Waals surface area contributed by atoms with Crippen LogP contribution < -0.4 is 10.3 Å². The Labute approximate surface area is 160 Å². The zero-order valence-corrected chi connectivity index (χ0v) is 15.8. The van der Waals surface area contributed by atoms with Gasteiger partial charge in [-0.3, -0.25) is 4.79 Å². The molecule has 8 heteroatoms. The van der Waals surface area contributed by atoms with Crippen molar-refractivity contribution in [3.63, 3.8) is 0 Å². The molecule has 0 amide bonds. The lowest BCUT2D eigenvalue weighted by Gasteiger charge is -2.30. The van der Waals surface area contributed by atoms with Crippen LogP contribution in [0.5, 0.6) is 5.75 Å². The second-order valence-electron chi connectivity index (χ2n) is 7.24. The molecule has 146 valence electrons. The Morgan fingerprint density at radius 3 is 2.85 bits per heavy atom. The number of ether oxygens (including phenoxy) is 2. The Bertz CT molecular complexity index is 863. The molecule has 1 saturated heterocycles. The van der Waals surface area contributed by atoms with E-state index in [0.717, 1.165) is 38.9 Å². The Morgan fingerprint density at radius 1 is 1.33 bits per heavy atom. The average Bonchev–Trinajstić information content (AvgIpc) is 2.63. The molecule has 0 radical (unpaired) electrons. The van der Waals surface area contributed by atoms with E-state index < -0.39 is 11.4 Å². The minimum atomic E-state index is -0.621. The van der Waals surface area contributed by atoms with Crippen molar-refractivity contribution in [3.8, 4) is 5.75 Å². The second-order valence-corrected chi connectivity index (χ2v) is 8.53. The van der Waals surface area contributed by atoms with Gasteiger partial charge in [0.2, 0.25) is 0 Å². The number of aromatic amines is 1. The molecular weight excluding hydrogens is 371 g/mol. The molecule has 2 heterocycles. The number of thioether (sulfide) groups is 1. The Hall–Kier alpha value is -1.64. The Balaban J connectivity index is 1.49. The fourth-order valence-corrected chi connectivity index (χ4v) is 4.64. The van der Waals surface area contributed by atoms with Crippen LogP contribution >= 0.6 is 11.8 Å². The maximum atomic E-state index is 14.4. The Morgan fingerprint density at radius 2 is 2.11 bits per heavy atom. The van der Waals surface area contributed by atoms with Gasteiger partial charge in [-0.25, -0.2) is 9.37 Å². The van der Waals surface area contributed by atoms with E-state index in [9.17, 15) is 14.3 Å². The van der Waals surface area contributed by atoms with Crippen LogP contribution in [0.15, 0.2) is 16.9 Å². The van der Waals surface area contributed by atoms with Gasteiger partial charge in [0.15, 0.2) is 0 Å². The summed E-state index contributed by atoms with van der Waals surface area (Å²) in [5.41, 5.74) is -0.164. The number of hydrogen-bond acceptors (Lipinski definition) is 6. The third-order valence-corrected chi connectivity index (χ3v) is 6.43. The first-order valence-electron chi connectivity index (χ1n) is 9.31. The molecule has 1 saturated carbocycles. The summed E-state index contributed by atoms with van der Waals surface area (Å²) >= 11 is 1.65. The van der Waals surface area contributed by atoms with E-state index in [-0.39, 0.29) is 11.5 Å². The van der Waals surface area contributed by atoms with Crippen LogP contribution in [0, 0.1) is 11.7 Å². The number of aliphatic hydroxyl groups excluding tert-OH is 1. The summed E-state index contributed by atoms with van der Waals surface area (Å²) in [5.74, 6) is 1.21. The molecule has 2 N–H and O–H groups in total. The van der Waals surface area contributed by atoms with Crippen molar-refractivity contribution in [2.45, 2.75) is 42.8 Å². The van der Waals surface area contributed by atoms with Crippen LogP contribution in [0.1, 0.15) is 31.5 Å². The minimum Gasteiger partial charge on any atom is -0.493 e. The van der Waals surface area contributed by atoms with Crippen LogP contribution in [0.2, 0.25) is 0 Å². The van der Waals surface area contributed by atoms with Crippen molar-refractivity contribution in [2.75, 3.05) is 19.8 Å². The third kappa shape index (κ3) is 4.44. The first-order chi connectivity index (χ1) is 13.1. The van der Waals surface area contributed by atoms with E-state index >= 15 is 0 Å². The predicted octanol–water partition coefficient (Wildman–Crippen LogP) is 2.62. The molecule has 2 aliphatic rings. The maximum absolute atomic E-state index is 14.4. The Kier molecular flexibility index (Phi) is 5.66. The van der Waals surface area contributed by atoms with Crippen molar-refractivity contribution in [3.05, 3.63) is 34.1 Å². The summed E-state index contributed by atoms with van der Waals surface area (Å²) in [4.78, 5) is 19.4. The van der Waals surface area contributed by atoms with E-state index in [1.807, 2.05) is 0 Å². The SMILES string of the molecule is O=c1[nH]c(CS[C@H]2C[C@H](O)C2)nc2cc(OCC3CCOCC3)cc(F)c12. The monoisotopic (exact) mass is 394 g/mol. The van der Waals surface area contributed by atoms with E-state index in [1.54, 1.807) is 17.8 Å². The molecular formula is C19H23FN2O4S. The van der Waals surface area contributed by atoms with Gasteiger partial charge in [0.1, 0.15) is 22.8 Å². The van der Waals surface area contributed by atoms with Gasteiger partial charge in [-0.1, -0.05) is 0 Å². The number of nitrogens with zero attached hydrogens (tertiary/aromatic N) is 1. The quantitative estimate of drug-likeness (QED) is 0.784.